The van der Waals surface area contributed by atoms with Crippen LogP contribution in [0.4, 0.5) is 10.1 Å². The number of nitrogens with zero attached hydrogens (tertiary/aromatic N) is 6. The minimum atomic E-state index is -4.17. The van der Waals surface area contributed by atoms with Crippen LogP contribution in [0.1, 0.15) is 56.5 Å². The molecule has 0 bridgehead atoms. The van der Waals surface area contributed by atoms with Gasteiger partial charge in [0, 0.05) is 30.0 Å². The smallest absolute Gasteiger partial charge is 0.291 e. The third-order valence-corrected chi connectivity index (χ3v) is 8.95. The second-order valence-corrected chi connectivity index (χ2v) is 11.7. The van der Waals surface area contributed by atoms with E-state index in [-0.39, 0.29) is 47.2 Å². The Bertz CT molecular complexity index is 1630. The predicted octanol–water partition coefficient (Wildman–Crippen LogP) is 3.86. The van der Waals surface area contributed by atoms with Gasteiger partial charge in [0.1, 0.15) is 11.3 Å². The fourth-order valence-corrected chi connectivity index (χ4v) is 6.77. The van der Waals surface area contributed by atoms with Crippen LogP contribution in [0.5, 0.6) is 0 Å². The van der Waals surface area contributed by atoms with Crippen LogP contribution in [0.3, 0.4) is 0 Å². The van der Waals surface area contributed by atoms with Gasteiger partial charge in [-0.15, -0.1) is 0 Å². The maximum absolute atomic E-state index is 14.8. The quantitative estimate of drug-likeness (QED) is 0.225. The van der Waals surface area contributed by atoms with Crippen molar-refractivity contribution in [2.24, 2.45) is 5.73 Å². The molecular weight excluding hydrogens is 529 g/mol. The molecule has 4 aromatic rings. The Hall–Kier alpha value is -3.75. The summed E-state index contributed by atoms with van der Waals surface area (Å²) in [5.74, 6) is -0.292. The molecule has 1 fully saturated rings. The molecule has 1 aliphatic carbocycles. The van der Waals surface area contributed by atoms with Crippen LogP contribution in [0.2, 0.25) is 0 Å². The van der Waals surface area contributed by atoms with Gasteiger partial charge in [-0.25, -0.2) is 12.8 Å². The highest BCUT2D eigenvalue weighted by Gasteiger charge is 2.44. The van der Waals surface area contributed by atoms with Crippen molar-refractivity contribution in [2.45, 2.75) is 55.9 Å². The normalized spacial score (nSPS) is 17.7. The number of fused-ring (bicyclic) bond motifs is 1. The number of hydrogen-bond donors (Lipinski definition) is 1. The molecule has 0 spiro atoms. The van der Waals surface area contributed by atoms with Crippen molar-refractivity contribution in [2.75, 3.05) is 13.1 Å². The number of halogens is 1. The second-order valence-electron chi connectivity index (χ2n) is 9.83. The lowest BCUT2D eigenvalue weighted by Crippen LogP contribution is -2.48. The van der Waals surface area contributed by atoms with Gasteiger partial charge >= 0.3 is 0 Å². The molecule has 0 radical (unpaired) electrons. The van der Waals surface area contributed by atoms with Gasteiger partial charge in [-0.1, -0.05) is 38.1 Å². The fourth-order valence-electron chi connectivity index (χ4n) is 4.92. The number of nitro groups is 1. The number of benzene rings is 2. The maximum atomic E-state index is 14.8. The molecule has 2 N–H and O–H groups in total. The molecule has 14 heteroatoms. The van der Waals surface area contributed by atoms with Crippen molar-refractivity contribution in [3.8, 4) is 5.95 Å². The van der Waals surface area contributed by atoms with Gasteiger partial charge in [0.2, 0.25) is 15.9 Å². The first-order valence-corrected chi connectivity index (χ1v) is 14.0. The molecule has 2 aromatic heterocycles. The Balaban J connectivity index is 1.40. The Morgan fingerprint density at radius 1 is 1.23 bits per heavy atom. The molecule has 0 aliphatic heterocycles. The Morgan fingerprint density at radius 2 is 1.97 bits per heavy atom. The standard InChI is InChI=1S/C25H28FN7O5S/c1-15(2)22-18-7-5-8-19(26)23(18)32(29-22)25-28-24(38-30-25)16-13-17(14-16)31(12-6-11-27)39(36,37)21-10-4-3-9-20(21)33(34)35/h3-5,7-10,15-17H,6,11-14,27H2,1-2H3/t16-,17+. The summed E-state index contributed by atoms with van der Waals surface area (Å²) in [5.41, 5.74) is 6.12. The van der Waals surface area contributed by atoms with E-state index < -0.39 is 32.5 Å². The van der Waals surface area contributed by atoms with Crippen LogP contribution in [0, 0.1) is 15.9 Å². The lowest BCUT2D eigenvalue weighted by Gasteiger charge is -2.40. The number of sulfonamides is 1. The lowest BCUT2D eigenvalue weighted by molar-refractivity contribution is -0.387. The number of nitro benzene ring substituents is 1. The molecule has 0 amide bonds. The van der Waals surface area contributed by atoms with E-state index in [1.807, 2.05) is 13.8 Å². The average molecular weight is 558 g/mol. The number of aromatic nitrogens is 4. The van der Waals surface area contributed by atoms with E-state index in [1.165, 1.54) is 39.3 Å². The molecular formula is C25H28FN7O5S. The van der Waals surface area contributed by atoms with E-state index in [9.17, 15) is 22.9 Å². The summed E-state index contributed by atoms with van der Waals surface area (Å²) < 4.78 is 49.9. The van der Waals surface area contributed by atoms with Crippen LogP contribution in [-0.2, 0) is 10.0 Å². The van der Waals surface area contributed by atoms with Crippen molar-refractivity contribution >= 4 is 26.6 Å². The average Bonchev–Trinajstić information content (AvgIpc) is 3.51. The van der Waals surface area contributed by atoms with Crippen molar-refractivity contribution < 1.29 is 22.3 Å². The fraction of sp³-hybridized carbons (Fsp3) is 0.400. The van der Waals surface area contributed by atoms with Gasteiger partial charge < -0.3 is 10.3 Å². The van der Waals surface area contributed by atoms with E-state index in [4.69, 9.17) is 10.3 Å². The number of hydrogen-bond acceptors (Lipinski definition) is 9. The topological polar surface area (TPSA) is 163 Å². The first kappa shape index (κ1) is 26.8. The zero-order valence-electron chi connectivity index (χ0n) is 21.4. The van der Waals surface area contributed by atoms with E-state index in [0.717, 1.165) is 0 Å². The van der Waals surface area contributed by atoms with E-state index in [2.05, 4.69) is 15.2 Å². The minimum Gasteiger partial charge on any atom is -0.337 e. The Morgan fingerprint density at radius 3 is 2.67 bits per heavy atom. The molecule has 0 atom stereocenters. The van der Waals surface area contributed by atoms with Gasteiger partial charge in [-0.2, -0.15) is 19.1 Å². The Labute approximate surface area is 223 Å². The SMILES string of the molecule is CC(C)c1nn(-c2noc([C@H]3C[C@@H](N(CCCN)S(=O)(=O)c4ccccc4[N+](=O)[O-])C3)n2)c2c(F)cccc12. The van der Waals surface area contributed by atoms with Gasteiger partial charge in [0.15, 0.2) is 4.90 Å². The summed E-state index contributed by atoms with van der Waals surface area (Å²) >= 11 is 0. The van der Waals surface area contributed by atoms with Gasteiger partial charge in [-0.3, -0.25) is 10.1 Å². The molecule has 2 aromatic carbocycles. The highest BCUT2D eigenvalue weighted by Crippen LogP contribution is 2.42. The van der Waals surface area contributed by atoms with Gasteiger partial charge in [0.05, 0.1) is 10.6 Å². The van der Waals surface area contributed by atoms with Crippen LogP contribution in [-0.4, -0.2) is 56.7 Å². The summed E-state index contributed by atoms with van der Waals surface area (Å²) in [6, 6.07) is 9.62. The van der Waals surface area contributed by atoms with Crippen molar-refractivity contribution in [3.05, 3.63) is 70.0 Å². The largest absolute Gasteiger partial charge is 0.337 e. The summed E-state index contributed by atoms with van der Waals surface area (Å²) in [6.45, 7) is 4.30. The second kappa shape index (κ2) is 10.4. The highest BCUT2D eigenvalue weighted by atomic mass is 32.2. The highest BCUT2D eigenvalue weighted by molar-refractivity contribution is 7.89. The van der Waals surface area contributed by atoms with Gasteiger partial charge in [0.25, 0.3) is 11.6 Å². The maximum Gasteiger partial charge on any atom is 0.291 e. The first-order valence-electron chi connectivity index (χ1n) is 12.6. The first-order chi connectivity index (χ1) is 18.6. The van der Waals surface area contributed by atoms with Crippen LogP contribution in [0.25, 0.3) is 16.9 Å². The number of nitrogens with two attached hydrogens (primary N) is 1. The zero-order valence-corrected chi connectivity index (χ0v) is 22.2. The number of rotatable bonds is 10. The zero-order chi connectivity index (χ0) is 27.9. The third kappa shape index (κ3) is 4.79. The molecule has 5 rings (SSSR count). The summed E-state index contributed by atoms with van der Waals surface area (Å²) in [4.78, 5) is 14.9. The van der Waals surface area contributed by atoms with Crippen molar-refractivity contribution in [1.29, 1.82) is 0 Å². The minimum absolute atomic E-state index is 0.0382. The molecule has 1 aliphatic rings. The molecule has 0 saturated heterocycles. The van der Waals surface area contributed by atoms with Crippen molar-refractivity contribution in [3.63, 3.8) is 0 Å². The van der Waals surface area contributed by atoms with Gasteiger partial charge in [-0.05, 0) is 49.0 Å². The lowest BCUT2D eigenvalue weighted by atomic mass is 9.80. The van der Waals surface area contributed by atoms with E-state index in [0.29, 0.717) is 30.3 Å². The van der Waals surface area contributed by atoms with E-state index in [1.54, 1.807) is 12.1 Å². The summed E-state index contributed by atoms with van der Waals surface area (Å²) in [5, 5.41) is 20.7. The summed E-state index contributed by atoms with van der Waals surface area (Å²) in [6.07, 6.45) is 1.14. The third-order valence-electron chi connectivity index (χ3n) is 6.95. The van der Waals surface area contributed by atoms with Crippen LogP contribution < -0.4 is 5.73 Å². The Kier molecular flexibility index (Phi) is 7.18. The number of para-hydroxylation sites is 2. The predicted molar refractivity (Wildman–Crippen MR) is 139 cm³/mol. The monoisotopic (exact) mass is 557 g/mol. The van der Waals surface area contributed by atoms with E-state index >= 15 is 0 Å². The molecule has 12 nitrogen and oxygen atoms in total. The molecule has 206 valence electrons. The molecule has 1 saturated carbocycles. The van der Waals surface area contributed by atoms with Crippen molar-refractivity contribution in [1.82, 2.24) is 24.2 Å². The summed E-state index contributed by atoms with van der Waals surface area (Å²) in [7, 11) is -4.17. The molecule has 2 heterocycles. The molecule has 39 heavy (non-hydrogen) atoms. The van der Waals surface area contributed by atoms with Crippen LogP contribution in [0.15, 0.2) is 51.9 Å². The molecule has 0 unspecified atom stereocenters. The van der Waals surface area contributed by atoms with Crippen LogP contribution >= 0.6 is 0 Å².